The van der Waals surface area contributed by atoms with Crippen molar-refractivity contribution >= 4 is 18.0 Å². The molecule has 4 rings (SSSR count). The first-order valence-electron chi connectivity index (χ1n) is 11.8. The number of β-amino-alcohol motifs (C(OH)–C–C–N with tert-alkyl or cyclic N) is 1. The summed E-state index contributed by atoms with van der Waals surface area (Å²) in [4.78, 5) is 37.0. The number of carboxylic acid groups (broad SMARTS) is 1. The molecule has 3 N–H and O–H groups in total. The van der Waals surface area contributed by atoms with Crippen LogP contribution >= 0.6 is 0 Å². The predicted molar refractivity (Wildman–Crippen MR) is 127 cm³/mol. The van der Waals surface area contributed by atoms with Crippen LogP contribution in [-0.2, 0) is 19.1 Å². The van der Waals surface area contributed by atoms with Crippen molar-refractivity contribution in [2.75, 3.05) is 39.5 Å². The molecule has 1 aliphatic carbocycles. The van der Waals surface area contributed by atoms with Gasteiger partial charge in [0.1, 0.15) is 6.61 Å². The minimum Gasteiger partial charge on any atom is -0.479 e. The van der Waals surface area contributed by atoms with Gasteiger partial charge in [0.15, 0.2) is 5.60 Å². The van der Waals surface area contributed by atoms with Gasteiger partial charge in [-0.25, -0.2) is 9.59 Å². The van der Waals surface area contributed by atoms with Crippen molar-refractivity contribution in [3.63, 3.8) is 0 Å². The number of aliphatic hydroxyl groups is 1. The standard InChI is InChI=1S/C26H30N2O7/c29-23(28-13-5-11-26(33,17-28)24(30)31)10-14-34-15-12-27-25(32)35-16-22-20-8-3-1-6-18(20)19-7-2-4-9-21(19)22/h1-4,6-9,22,33H,5,10-17H2,(H,27,32)(H,30,31). The van der Waals surface area contributed by atoms with Gasteiger partial charge in [-0.1, -0.05) is 48.5 Å². The monoisotopic (exact) mass is 482 g/mol. The molecule has 1 aliphatic heterocycles. The van der Waals surface area contributed by atoms with Crippen LogP contribution in [0.25, 0.3) is 11.1 Å². The number of likely N-dealkylation sites (tertiary alicyclic amines) is 1. The Morgan fingerprint density at radius 2 is 1.69 bits per heavy atom. The summed E-state index contributed by atoms with van der Waals surface area (Å²) in [5, 5.41) is 21.9. The number of piperidine rings is 1. The number of fused-ring (bicyclic) bond motifs is 3. The van der Waals surface area contributed by atoms with Crippen LogP contribution in [0.1, 0.15) is 36.3 Å². The molecule has 2 aromatic rings. The largest absolute Gasteiger partial charge is 0.479 e. The first kappa shape index (κ1) is 24.7. The van der Waals surface area contributed by atoms with Gasteiger partial charge in [0.25, 0.3) is 0 Å². The van der Waals surface area contributed by atoms with Gasteiger partial charge >= 0.3 is 12.1 Å². The highest BCUT2D eigenvalue weighted by Crippen LogP contribution is 2.44. The van der Waals surface area contributed by atoms with Gasteiger partial charge < -0.3 is 29.9 Å². The molecule has 9 nitrogen and oxygen atoms in total. The van der Waals surface area contributed by atoms with Crippen LogP contribution in [0, 0.1) is 0 Å². The lowest BCUT2D eigenvalue weighted by atomic mass is 9.93. The molecule has 1 unspecified atom stereocenters. The van der Waals surface area contributed by atoms with Crippen molar-refractivity contribution in [3.05, 3.63) is 59.7 Å². The summed E-state index contributed by atoms with van der Waals surface area (Å²) in [6.07, 6.45) is 0.0948. The smallest absolute Gasteiger partial charge is 0.407 e. The van der Waals surface area contributed by atoms with Gasteiger partial charge in [-0.05, 0) is 35.1 Å². The molecule has 35 heavy (non-hydrogen) atoms. The van der Waals surface area contributed by atoms with E-state index < -0.39 is 17.7 Å². The van der Waals surface area contributed by atoms with Crippen molar-refractivity contribution in [1.29, 1.82) is 0 Å². The number of benzene rings is 2. The first-order chi connectivity index (χ1) is 16.9. The number of nitrogens with one attached hydrogen (secondary N) is 1. The van der Waals surface area contributed by atoms with Crippen LogP contribution in [0.3, 0.4) is 0 Å². The van der Waals surface area contributed by atoms with Crippen LogP contribution in [0.4, 0.5) is 4.79 Å². The second-order valence-corrected chi connectivity index (χ2v) is 8.87. The molecule has 1 atom stereocenters. The van der Waals surface area contributed by atoms with Gasteiger partial charge in [0.05, 0.1) is 26.2 Å². The molecule has 0 aromatic heterocycles. The lowest BCUT2D eigenvalue weighted by molar-refractivity contribution is -0.166. The number of alkyl carbamates (subject to hydrolysis) is 1. The molecule has 1 saturated heterocycles. The Bertz CT molecular complexity index is 1040. The average Bonchev–Trinajstić information content (AvgIpc) is 3.18. The Morgan fingerprint density at radius 3 is 2.34 bits per heavy atom. The average molecular weight is 483 g/mol. The summed E-state index contributed by atoms with van der Waals surface area (Å²) in [6.45, 7) is 0.993. The van der Waals surface area contributed by atoms with Crippen LogP contribution < -0.4 is 5.32 Å². The fraction of sp³-hybridized carbons (Fsp3) is 0.423. The highest BCUT2D eigenvalue weighted by Gasteiger charge is 2.41. The quantitative estimate of drug-likeness (QED) is 0.469. The SMILES string of the molecule is O=C(NCCOCCC(=O)N1CCCC(O)(C(=O)O)C1)OCC1c2ccccc2-c2ccccc21. The fourth-order valence-electron chi connectivity index (χ4n) is 4.72. The fourth-order valence-corrected chi connectivity index (χ4v) is 4.72. The highest BCUT2D eigenvalue weighted by atomic mass is 16.5. The number of carboxylic acids is 1. The van der Waals surface area contributed by atoms with Gasteiger partial charge in [-0.15, -0.1) is 0 Å². The Kier molecular flexibility index (Phi) is 7.67. The summed E-state index contributed by atoms with van der Waals surface area (Å²) in [6, 6.07) is 16.2. The number of hydrogen-bond acceptors (Lipinski definition) is 6. The Hall–Kier alpha value is -3.43. The topological polar surface area (TPSA) is 125 Å². The molecular weight excluding hydrogens is 452 g/mol. The molecule has 9 heteroatoms. The zero-order valence-corrected chi connectivity index (χ0v) is 19.4. The number of nitrogens with zero attached hydrogens (tertiary/aromatic N) is 1. The maximum absolute atomic E-state index is 12.3. The Balaban J connectivity index is 1.14. The molecule has 2 aliphatic rings. The molecule has 1 fully saturated rings. The number of hydrogen-bond donors (Lipinski definition) is 3. The van der Waals surface area contributed by atoms with Gasteiger partial charge in [-0.3, -0.25) is 4.79 Å². The lowest BCUT2D eigenvalue weighted by Crippen LogP contribution is -2.54. The molecule has 0 saturated carbocycles. The van der Waals surface area contributed by atoms with Crippen molar-refractivity contribution in [1.82, 2.24) is 10.2 Å². The van der Waals surface area contributed by atoms with E-state index in [1.165, 1.54) is 4.90 Å². The molecule has 1 heterocycles. The van der Waals surface area contributed by atoms with Crippen LogP contribution in [0.2, 0.25) is 0 Å². The van der Waals surface area contributed by atoms with Crippen LogP contribution in [0.5, 0.6) is 0 Å². The normalized spacial score (nSPS) is 19.1. The molecule has 0 radical (unpaired) electrons. The zero-order chi connectivity index (χ0) is 24.8. The Labute approximate surface area is 203 Å². The van der Waals surface area contributed by atoms with E-state index in [1.807, 2.05) is 24.3 Å². The maximum Gasteiger partial charge on any atom is 0.407 e. The molecule has 2 amide bonds. The van der Waals surface area contributed by atoms with E-state index in [9.17, 15) is 19.5 Å². The molecule has 186 valence electrons. The first-order valence-corrected chi connectivity index (χ1v) is 11.8. The van der Waals surface area contributed by atoms with Crippen LogP contribution in [0.15, 0.2) is 48.5 Å². The van der Waals surface area contributed by atoms with E-state index in [4.69, 9.17) is 14.6 Å². The van der Waals surface area contributed by atoms with E-state index in [0.717, 1.165) is 22.3 Å². The van der Waals surface area contributed by atoms with E-state index in [0.29, 0.717) is 13.0 Å². The highest BCUT2D eigenvalue weighted by molar-refractivity contribution is 5.81. The molecule has 0 bridgehead atoms. The summed E-state index contributed by atoms with van der Waals surface area (Å²) < 4.78 is 10.9. The van der Waals surface area contributed by atoms with Gasteiger partial charge in [0, 0.05) is 19.0 Å². The van der Waals surface area contributed by atoms with Crippen LogP contribution in [-0.4, -0.2) is 78.1 Å². The van der Waals surface area contributed by atoms with Crippen molar-refractivity contribution in [2.45, 2.75) is 30.8 Å². The van der Waals surface area contributed by atoms with E-state index in [2.05, 4.69) is 29.6 Å². The van der Waals surface area contributed by atoms with E-state index in [1.54, 1.807) is 0 Å². The third-order valence-electron chi connectivity index (χ3n) is 6.54. The minimum atomic E-state index is -1.89. The minimum absolute atomic E-state index is 0.0102. The number of ether oxygens (including phenoxy) is 2. The molecular formula is C26H30N2O7. The third kappa shape index (κ3) is 5.63. The predicted octanol–water partition coefficient (Wildman–Crippen LogP) is 2.37. The summed E-state index contributed by atoms with van der Waals surface area (Å²) >= 11 is 0. The molecule has 2 aromatic carbocycles. The van der Waals surface area contributed by atoms with Crippen molar-refractivity contribution in [3.8, 4) is 11.1 Å². The third-order valence-corrected chi connectivity index (χ3v) is 6.54. The summed E-state index contributed by atoms with van der Waals surface area (Å²) in [5.74, 6) is -1.59. The second kappa shape index (κ2) is 10.9. The number of carbonyl (C=O) groups is 3. The Morgan fingerprint density at radius 1 is 1.03 bits per heavy atom. The number of aliphatic carboxylic acids is 1. The zero-order valence-electron chi connectivity index (χ0n) is 19.4. The lowest BCUT2D eigenvalue weighted by Gasteiger charge is -2.36. The van der Waals surface area contributed by atoms with Crippen molar-refractivity contribution < 1.29 is 34.1 Å². The second-order valence-electron chi connectivity index (χ2n) is 8.87. The summed E-state index contributed by atoms with van der Waals surface area (Å²) in [7, 11) is 0. The van der Waals surface area contributed by atoms with Crippen molar-refractivity contribution in [2.24, 2.45) is 0 Å². The summed E-state index contributed by atoms with van der Waals surface area (Å²) in [5.41, 5.74) is 2.73. The number of amides is 2. The van der Waals surface area contributed by atoms with Gasteiger partial charge in [-0.2, -0.15) is 0 Å². The number of rotatable bonds is 9. The maximum atomic E-state index is 12.3. The van der Waals surface area contributed by atoms with Gasteiger partial charge in [0.2, 0.25) is 5.91 Å². The van der Waals surface area contributed by atoms with E-state index >= 15 is 0 Å². The molecule has 0 spiro atoms. The van der Waals surface area contributed by atoms with E-state index in [-0.39, 0.29) is 57.6 Å². The number of carbonyl (C=O) groups excluding carboxylic acids is 2.